The Bertz CT molecular complexity index is 1210. The van der Waals surface area contributed by atoms with Gasteiger partial charge in [0.15, 0.2) is 5.65 Å². The summed E-state index contributed by atoms with van der Waals surface area (Å²) >= 11 is 0. The first kappa shape index (κ1) is 23.8. The Balaban J connectivity index is 1.62. The Morgan fingerprint density at radius 2 is 1.74 bits per heavy atom. The lowest BCUT2D eigenvalue weighted by Crippen LogP contribution is -2.50. The molecule has 0 unspecified atom stereocenters. The summed E-state index contributed by atoms with van der Waals surface area (Å²) < 4.78 is 7.43. The van der Waals surface area contributed by atoms with E-state index in [1.807, 2.05) is 43.6 Å². The highest BCUT2D eigenvalue weighted by Crippen LogP contribution is 2.36. The molecule has 1 amide bonds. The van der Waals surface area contributed by atoms with Gasteiger partial charge in [0.1, 0.15) is 5.60 Å². The molecule has 1 aromatic carbocycles. The minimum Gasteiger partial charge on any atom is -0.444 e. The standard InChI is InChI=1S/C27H35N5O2/c1-8-20-10-12-24-28-18-23(32(24)29-20)19-9-11-22(21(17-19)26(2,3)4)30-13-15-31(16-14-30)25(33)34-27(5,6)7/h8-12,17-18H,1,13-16H2,2-7H3. The molecule has 1 aliphatic heterocycles. The SMILES string of the molecule is C=Cc1ccc2ncc(-c3ccc(N4CCN(C(=O)OC(C)(C)C)CC4)c(C(C)(C)C)c3)n2n1. The minimum absolute atomic E-state index is 0.0617. The van der Waals surface area contributed by atoms with Crippen LogP contribution in [0.3, 0.4) is 0 Å². The number of carbonyl (C=O) groups is 1. The lowest BCUT2D eigenvalue weighted by atomic mass is 9.84. The maximum absolute atomic E-state index is 12.5. The maximum atomic E-state index is 12.5. The third kappa shape index (κ3) is 4.93. The number of nitrogens with zero attached hydrogens (tertiary/aromatic N) is 5. The average Bonchev–Trinajstić information content (AvgIpc) is 3.20. The monoisotopic (exact) mass is 461 g/mol. The Kier molecular flexibility index (Phi) is 6.14. The number of ether oxygens (including phenoxy) is 1. The number of rotatable bonds is 3. The van der Waals surface area contributed by atoms with E-state index < -0.39 is 5.60 Å². The van der Waals surface area contributed by atoms with E-state index in [0.717, 1.165) is 35.7 Å². The van der Waals surface area contributed by atoms with E-state index in [0.29, 0.717) is 13.1 Å². The summed E-state index contributed by atoms with van der Waals surface area (Å²) in [4.78, 5) is 21.2. The van der Waals surface area contributed by atoms with Crippen molar-refractivity contribution in [3.05, 3.63) is 54.4 Å². The molecule has 7 nitrogen and oxygen atoms in total. The molecular weight excluding hydrogens is 426 g/mol. The van der Waals surface area contributed by atoms with E-state index in [2.05, 4.69) is 60.5 Å². The topological polar surface area (TPSA) is 63.0 Å². The van der Waals surface area contributed by atoms with Crippen molar-refractivity contribution in [2.45, 2.75) is 52.6 Å². The van der Waals surface area contributed by atoms with Gasteiger partial charge < -0.3 is 14.5 Å². The number of piperazine rings is 1. The Hall–Kier alpha value is -3.35. The largest absolute Gasteiger partial charge is 0.444 e. The fourth-order valence-electron chi connectivity index (χ4n) is 4.22. The molecule has 34 heavy (non-hydrogen) atoms. The molecule has 0 saturated carbocycles. The second-order valence-corrected chi connectivity index (χ2v) is 10.8. The summed E-state index contributed by atoms with van der Waals surface area (Å²) in [5.74, 6) is 0. The van der Waals surface area contributed by atoms with Crippen LogP contribution in [-0.2, 0) is 10.2 Å². The van der Waals surface area contributed by atoms with Gasteiger partial charge in [0.25, 0.3) is 0 Å². The first-order valence-corrected chi connectivity index (χ1v) is 11.8. The van der Waals surface area contributed by atoms with Crippen molar-refractivity contribution in [3.8, 4) is 11.3 Å². The van der Waals surface area contributed by atoms with E-state index in [-0.39, 0.29) is 11.5 Å². The number of amides is 1. The van der Waals surface area contributed by atoms with E-state index >= 15 is 0 Å². The fourth-order valence-corrected chi connectivity index (χ4v) is 4.22. The van der Waals surface area contributed by atoms with Crippen LogP contribution >= 0.6 is 0 Å². The number of anilines is 1. The molecule has 0 spiro atoms. The molecular formula is C27H35N5O2. The second kappa shape index (κ2) is 8.78. The Morgan fingerprint density at radius 1 is 1.03 bits per heavy atom. The lowest BCUT2D eigenvalue weighted by Gasteiger charge is -2.39. The minimum atomic E-state index is -0.484. The predicted octanol–water partition coefficient (Wildman–Crippen LogP) is 5.39. The van der Waals surface area contributed by atoms with Gasteiger partial charge in [-0.15, -0.1) is 0 Å². The normalized spacial score (nSPS) is 15.0. The van der Waals surface area contributed by atoms with Gasteiger partial charge in [-0.3, -0.25) is 0 Å². The van der Waals surface area contributed by atoms with Crippen LogP contribution in [0, 0.1) is 0 Å². The van der Waals surface area contributed by atoms with Gasteiger partial charge in [-0.05, 0) is 62.1 Å². The van der Waals surface area contributed by atoms with Crippen LogP contribution in [-0.4, -0.2) is 57.4 Å². The third-order valence-electron chi connectivity index (χ3n) is 5.96. The van der Waals surface area contributed by atoms with Crippen molar-refractivity contribution >= 4 is 23.5 Å². The molecule has 2 aromatic heterocycles. The summed E-state index contributed by atoms with van der Waals surface area (Å²) in [5, 5.41) is 4.66. The summed E-state index contributed by atoms with van der Waals surface area (Å²) in [6.45, 7) is 19.0. The van der Waals surface area contributed by atoms with Crippen LogP contribution < -0.4 is 4.90 Å². The third-order valence-corrected chi connectivity index (χ3v) is 5.96. The smallest absolute Gasteiger partial charge is 0.410 e. The van der Waals surface area contributed by atoms with Crippen molar-refractivity contribution in [1.29, 1.82) is 0 Å². The molecule has 7 heteroatoms. The number of fused-ring (bicyclic) bond motifs is 1. The number of hydrogen-bond acceptors (Lipinski definition) is 5. The van der Waals surface area contributed by atoms with Crippen molar-refractivity contribution in [1.82, 2.24) is 19.5 Å². The van der Waals surface area contributed by atoms with Crippen LogP contribution in [0.2, 0.25) is 0 Å². The molecule has 3 aromatic rings. The van der Waals surface area contributed by atoms with Crippen LogP contribution in [0.5, 0.6) is 0 Å². The van der Waals surface area contributed by atoms with E-state index in [1.165, 1.54) is 11.3 Å². The number of benzene rings is 1. The zero-order chi connectivity index (χ0) is 24.7. The van der Waals surface area contributed by atoms with Crippen LogP contribution in [0.15, 0.2) is 43.1 Å². The highest BCUT2D eigenvalue weighted by atomic mass is 16.6. The van der Waals surface area contributed by atoms with Gasteiger partial charge in [-0.1, -0.05) is 33.4 Å². The number of aromatic nitrogens is 3. The van der Waals surface area contributed by atoms with Crippen molar-refractivity contribution < 1.29 is 9.53 Å². The van der Waals surface area contributed by atoms with Gasteiger partial charge in [0.2, 0.25) is 0 Å². The quantitative estimate of drug-likeness (QED) is 0.523. The highest BCUT2D eigenvalue weighted by molar-refractivity contribution is 5.71. The number of carbonyl (C=O) groups excluding carboxylic acids is 1. The molecule has 1 fully saturated rings. The highest BCUT2D eigenvalue weighted by Gasteiger charge is 2.29. The Labute approximate surface area is 202 Å². The zero-order valence-electron chi connectivity index (χ0n) is 21.1. The molecule has 0 N–H and O–H groups in total. The zero-order valence-corrected chi connectivity index (χ0v) is 21.1. The summed E-state index contributed by atoms with van der Waals surface area (Å²) in [6, 6.07) is 10.4. The summed E-state index contributed by atoms with van der Waals surface area (Å²) in [7, 11) is 0. The average molecular weight is 462 g/mol. The molecule has 4 rings (SSSR count). The van der Waals surface area contributed by atoms with E-state index in [4.69, 9.17) is 4.74 Å². The van der Waals surface area contributed by atoms with E-state index in [9.17, 15) is 4.79 Å². The van der Waals surface area contributed by atoms with E-state index in [1.54, 1.807) is 11.0 Å². The van der Waals surface area contributed by atoms with Crippen molar-refractivity contribution in [2.75, 3.05) is 31.1 Å². The second-order valence-electron chi connectivity index (χ2n) is 10.8. The van der Waals surface area contributed by atoms with Gasteiger partial charge in [-0.2, -0.15) is 5.10 Å². The number of hydrogen-bond donors (Lipinski definition) is 0. The van der Waals surface area contributed by atoms with Gasteiger partial charge in [-0.25, -0.2) is 14.3 Å². The molecule has 1 aliphatic rings. The fraction of sp³-hybridized carbons (Fsp3) is 0.444. The lowest BCUT2D eigenvalue weighted by molar-refractivity contribution is 0.0240. The van der Waals surface area contributed by atoms with Crippen molar-refractivity contribution in [3.63, 3.8) is 0 Å². The van der Waals surface area contributed by atoms with Crippen LogP contribution in [0.1, 0.15) is 52.8 Å². The summed E-state index contributed by atoms with van der Waals surface area (Å²) in [6.07, 6.45) is 3.37. The maximum Gasteiger partial charge on any atom is 0.410 e. The molecule has 0 aliphatic carbocycles. The first-order valence-electron chi connectivity index (χ1n) is 11.8. The van der Waals surface area contributed by atoms with Gasteiger partial charge >= 0.3 is 6.09 Å². The molecule has 180 valence electrons. The predicted molar refractivity (Wildman–Crippen MR) is 137 cm³/mol. The summed E-state index contributed by atoms with van der Waals surface area (Å²) in [5.41, 5.74) is 5.55. The van der Waals surface area contributed by atoms with Crippen molar-refractivity contribution in [2.24, 2.45) is 0 Å². The Morgan fingerprint density at radius 3 is 2.35 bits per heavy atom. The van der Waals surface area contributed by atoms with Gasteiger partial charge in [0, 0.05) is 37.4 Å². The first-order chi connectivity index (χ1) is 16.0. The van der Waals surface area contributed by atoms with Crippen LogP contribution in [0.25, 0.3) is 23.0 Å². The number of imidazole rings is 1. The molecule has 0 bridgehead atoms. The van der Waals surface area contributed by atoms with Crippen LogP contribution in [0.4, 0.5) is 10.5 Å². The molecule has 0 atom stereocenters. The van der Waals surface area contributed by atoms with Gasteiger partial charge in [0.05, 0.1) is 17.6 Å². The molecule has 0 radical (unpaired) electrons. The molecule has 1 saturated heterocycles. The molecule has 3 heterocycles.